The molecule has 0 unspecified atom stereocenters. The van der Waals surface area contributed by atoms with Crippen LogP contribution in [0.25, 0.3) is 0 Å². The van der Waals surface area contributed by atoms with Crippen LogP contribution in [-0.2, 0) is 4.52 Å². The number of aliphatic hydroxyl groups is 2. The van der Waals surface area contributed by atoms with Crippen LogP contribution in [0.1, 0.15) is 34.1 Å². The van der Waals surface area contributed by atoms with Crippen molar-refractivity contribution in [2.75, 3.05) is 13.2 Å². The molecule has 0 aromatic carbocycles. The van der Waals surface area contributed by atoms with E-state index in [1.54, 1.807) is 0 Å². The molecule has 4 N–H and O–H groups in total. The summed E-state index contributed by atoms with van der Waals surface area (Å²) in [5.41, 5.74) is 6.54. The third-order valence-electron chi connectivity index (χ3n) is 3.49. The summed E-state index contributed by atoms with van der Waals surface area (Å²) in [6.07, 6.45) is -0.653. The van der Waals surface area contributed by atoms with E-state index in [1.807, 2.05) is 33.8 Å². The van der Waals surface area contributed by atoms with E-state index in [0.717, 1.165) is 0 Å². The van der Waals surface area contributed by atoms with Crippen LogP contribution in [0.4, 0.5) is 0 Å². The Balaban J connectivity index is 5.16. The number of hydrogen-bond donors (Lipinski definition) is 3. The van der Waals surface area contributed by atoms with Crippen molar-refractivity contribution in [2.45, 2.75) is 57.3 Å². The molecule has 0 aromatic rings. The number of nitrogens with two attached hydrogens (primary N) is 1. The van der Waals surface area contributed by atoms with E-state index in [4.69, 9.17) is 20.6 Å². The molecular weight excluding hydrogens is 251 g/mol. The zero-order chi connectivity index (χ0) is 14.3. The van der Waals surface area contributed by atoms with Gasteiger partial charge in [0, 0.05) is 0 Å². The van der Waals surface area contributed by atoms with Crippen molar-refractivity contribution in [3.8, 4) is 6.07 Å². The quantitative estimate of drug-likeness (QED) is 0.455. The SMILES string of the molecule is CC(C)[PH](OCCC#N)(C(C)C)[C@H](N)[C@@H](O)CO. The van der Waals surface area contributed by atoms with E-state index in [-0.39, 0.29) is 17.9 Å². The fourth-order valence-electron chi connectivity index (χ4n) is 2.55. The zero-order valence-corrected chi connectivity index (χ0v) is 12.8. The average molecular weight is 278 g/mol. The van der Waals surface area contributed by atoms with Crippen LogP contribution in [0.15, 0.2) is 0 Å². The fourth-order valence-corrected chi connectivity index (χ4v) is 7.45. The number of aliphatic hydroxyl groups excluding tert-OH is 2. The second kappa shape index (κ2) is 8.04. The molecule has 5 nitrogen and oxygen atoms in total. The molecule has 0 radical (unpaired) electrons. The molecule has 18 heavy (non-hydrogen) atoms. The molecule has 0 saturated heterocycles. The van der Waals surface area contributed by atoms with E-state index in [1.165, 1.54) is 0 Å². The standard InChI is InChI=1S/C12H27N2O3P/c1-9(2)18(10(3)4,17-7-5-6-13)12(14)11(16)8-15/h9-12,15-16,18H,5,7-8,14H2,1-4H3/t11-,12-/m0/s1. The molecule has 0 aliphatic heterocycles. The van der Waals surface area contributed by atoms with Crippen LogP contribution in [0.3, 0.4) is 0 Å². The normalized spacial score (nSPS) is 16.7. The topological polar surface area (TPSA) is 99.5 Å². The first-order chi connectivity index (χ1) is 8.34. The third kappa shape index (κ3) is 3.88. The fraction of sp³-hybridized carbons (Fsp3) is 0.917. The maximum absolute atomic E-state index is 9.83. The van der Waals surface area contributed by atoms with Crippen molar-refractivity contribution < 1.29 is 14.7 Å². The first-order valence-corrected chi connectivity index (χ1v) is 8.54. The Labute approximate surface area is 110 Å². The van der Waals surface area contributed by atoms with Gasteiger partial charge in [-0.15, -0.1) is 0 Å². The minimum absolute atomic E-state index is 0.201. The van der Waals surface area contributed by atoms with E-state index < -0.39 is 19.4 Å². The molecule has 6 heteroatoms. The maximum atomic E-state index is 9.83. The van der Waals surface area contributed by atoms with Gasteiger partial charge in [-0.3, -0.25) is 0 Å². The summed E-state index contributed by atoms with van der Waals surface area (Å²) in [4.78, 5) is 0. The number of rotatable bonds is 8. The van der Waals surface area contributed by atoms with Crippen molar-refractivity contribution in [2.24, 2.45) is 5.73 Å². The predicted molar refractivity (Wildman–Crippen MR) is 75.8 cm³/mol. The molecule has 0 heterocycles. The van der Waals surface area contributed by atoms with Gasteiger partial charge >= 0.3 is 110 Å². The van der Waals surface area contributed by atoms with Crippen LogP contribution in [0.5, 0.6) is 0 Å². The van der Waals surface area contributed by atoms with Crippen molar-refractivity contribution in [1.29, 1.82) is 5.26 Å². The van der Waals surface area contributed by atoms with Gasteiger partial charge in [0.05, 0.1) is 0 Å². The first-order valence-electron chi connectivity index (χ1n) is 6.39. The van der Waals surface area contributed by atoms with Crippen molar-refractivity contribution in [1.82, 2.24) is 0 Å². The number of nitriles is 1. The van der Waals surface area contributed by atoms with Crippen LogP contribution < -0.4 is 5.73 Å². The molecule has 2 atom stereocenters. The van der Waals surface area contributed by atoms with Gasteiger partial charge in [0.15, 0.2) is 0 Å². The van der Waals surface area contributed by atoms with E-state index in [9.17, 15) is 5.11 Å². The third-order valence-corrected chi connectivity index (χ3v) is 9.23. The second-order valence-electron chi connectivity index (χ2n) is 5.20. The summed E-state index contributed by atoms with van der Waals surface area (Å²) in [6, 6.07) is 2.04. The van der Waals surface area contributed by atoms with Gasteiger partial charge in [0.2, 0.25) is 0 Å². The van der Waals surface area contributed by atoms with Gasteiger partial charge in [0.1, 0.15) is 0 Å². The minimum atomic E-state index is -2.46. The summed E-state index contributed by atoms with van der Waals surface area (Å²) in [7, 11) is -2.46. The molecule has 0 fully saturated rings. The van der Waals surface area contributed by atoms with Gasteiger partial charge in [0.25, 0.3) is 0 Å². The van der Waals surface area contributed by atoms with Crippen LogP contribution in [0, 0.1) is 11.3 Å². The Morgan fingerprint density at radius 2 is 1.78 bits per heavy atom. The van der Waals surface area contributed by atoms with E-state index >= 15 is 0 Å². The monoisotopic (exact) mass is 278 g/mol. The van der Waals surface area contributed by atoms with Crippen LogP contribution >= 0.6 is 7.49 Å². The Morgan fingerprint density at radius 3 is 2.11 bits per heavy atom. The molecule has 0 amide bonds. The summed E-state index contributed by atoms with van der Waals surface area (Å²) >= 11 is 0. The average Bonchev–Trinajstić information content (AvgIpc) is 2.32. The molecule has 0 bridgehead atoms. The van der Waals surface area contributed by atoms with Crippen molar-refractivity contribution >= 4 is 7.49 Å². The summed E-state index contributed by atoms with van der Waals surface area (Å²) in [6.45, 7) is 8.10. The summed E-state index contributed by atoms with van der Waals surface area (Å²) in [5, 5.41) is 27.5. The van der Waals surface area contributed by atoms with Gasteiger partial charge in [-0.25, -0.2) is 0 Å². The number of hydrogen-bond acceptors (Lipinski definition) is 5. The Hall–Kier alpha value is -0.240. The van der Waals surface area contributed by atoms with E-state index in [0.29, 0.717) is 13.0 Å². The van der Waals surface area contributed by atoms with Crippen LogP contribution in [0.2, 0.25) is 0 Å². The molecule has 0 saturated carbocycles. The molecule has 0 aliphatic rings. The second-order valence-corrected chi connectivity index (χ2v) is 10.2. The van der Waals surface area contributed by atoms with Crippen molar-refractivity contribution in [3.63, 3.8) is 0 Å². The van der Waals surface area contributed by atoms with Gasteiger partial charge in [-0.05, 0) is 0 Å². The van der Waals surface area contributed by atoms with Gasteiger partial charge in [-0.1, -0.05) is 0 Å². The van der Waals surface area contributed by atoms with E-state index in [2.05, 4.69) is 0 Å². The summed E-state index contributed by atoms with van der Waals surface area (Å²) in [5.74, 6) is -0.554. The Bertz CT molecular complexity index is 271. The zero-order valence-electron chi connectivity index (χ0n) is 11.8. The number of nitrogens with zero attached hydrogens (tertiary/aromatic N) is 1. The van der Waals surface area contributed by atoms with Crippen LogP contribution in [-0.4, -0.2) is 46.6 Å². The molecule has 0 aromatic heterocycles. The molecule has 108 valence electrons. The molecular formula is C12H27N2O3P. The summed E-state index contributed by atoms with van der Waals surface area (Å²) < 4.78 is 6.00. The van der Waals surface area contributed by atoms with Gasteiger partial charge < -0.3 is 0 Å². The van der Waals surface area contributed by atoms with Crippen molar-refractivity contribution in [3.05, 3.63) is 0 Å². The van der Waals surface area contributed by atoms with Gasteiger partial charge in [-0.2, -0.15) is 0 Å². The molecule has 0 rings (SSSR count). The predicted octanol–water partition coefficient (Wildman–Crippen LogP) is 1.04. The molecule has 0 spiro atoms. The first kappa shape index (κ1) is 17.8. The molecule has 0 aliphatic carbocycles. The Kier molecular flexibility index (Phi) is 7.93. The Morgan fingerprint density at radius 1 is 1.28 bits per heavy atom.